The third kappa shape index (κ3) is 2.57. The Balaban J connectivity index is 2.05. The fourth-order valence-electron chi connectivity index (χ4n) is 3.32. The van der Waals surface area contributed by atoms with Crippen molar-refractivity contribution in [2.45, 2.75) is 50.7 Å². The second kappa shape index (κ2) is 5.25. The fourth-order valence-corrected chi connectivity index (χ4v) is 3.32. The van der Waals surface area contributed by atoms with Gasteiger partial charge in [0.1, 0.15) is 0 Å². The molecule has 1 N–H and O–H groups in total. The van der Waals surface area contributed by atoms with Gasteiger partial charge in [0.2, 0.25) is 0 Å². The molecular weight excluding hydrogens is 216 g/mol. The Labute approximate surface area is 104 Å². The van der Waals surface area contributed by atoms with E-state index in [0.29, 0.717) is 5.92 Å². The normalized spacial score (nSPS) is 33.8. The first kappa shape index (κ1) is 12.7. The summed E-state index contributed by atoms with van der Waals surface area (Å²) in [7, 11) is 3.60. The first-order chi connectivity index (χ1) is 8.11. The van der Waals surface area contributed by atoms with Crippen molar-refractivity contribution in [3.63, 3.8) is 0 Å². The van der Waals surface area contributed by atoms with Gasteiger partial charge in [0, 0.05) is 32.6 Å². The first-order valence-electron chi connectivity index (χ1n) is 6.77. The summed E-state index contributed by atoms with van der Waals surface area (Å²) in [4.78, 5) is 15.7. The third-order valence-corrected chi connectivity index (χ3v) is 4.20. The topological polar surface area (TPSA) is 43.8 Å². The van der Waals surface area contributed by atoms with Crippen molar-refractivity contribution >= 4 is 6.03 Å². The van der Waals surface area contributed by atoms with E-state index in [1.807, 2.05) is 4.90 Å². The Kier molecular flexibility index (Phi) is 3.92. The number of likely N-dealkylation sites (tertiary alicyclic amines) is 1. The highest BCUT2D eigenvalue weighted by molar-refractivity contribution is 5.74. The lowest BCUT2D eigenvalue weighted by atomic mass is 9.80. The van der Waals surface area contributed by atoms with Crippen LogP contribution < -0.4 is 0 Å². The van der Waals surface area contributed by atoms with Crippen molar-refractivity contribution in [3.8, 4) is 0 Å². The number of nitrogens with zero attached hydrogens (tertiary/aromatic N) is 2. The summed E-state index contributed by atoms with van der Waals surface area (Å²) in [6.45, 7) is 0.852. The molecule has 4 heteroatoms. The van der Waals surface area contributed by atoms with E-state index >= 15 is 0 Å². The molecule has 2 rings (SSSR count). The Morgan fingerprint density at radius 2 is 1.88 bits per heavy atom. The van der Waals surface area contributed by atoms with E-state index in [2.05, 4.69) is 0 Å². The number of aliphatic hydroxyl groups excluding tert-OH is 1. The van der Waals surface area contributed by atoms with Crippen LogP contribution in [0.15, 0.2) is 0 Å². The van der Waals surface area contributed by atoms with Crippen LogP contribution in [-0.2, 0) is 0 Å². The quantitative estimate of drug-likeness (QED) is 0.758. The molecule has 0 aromatic carbocycles. The zero-order valence-corrected chi connectivity index (χ0v) is 10.9. The van der Waals surface area contributed by atoms with E-state index in [-0.39, 0.29) is 18.2 Å². The van der Waals surface area contributed by atoms with Crippen molar-refractivity contribution in [1.82, 2.24) is 9.80 Å². The predicted molar refractivity (Wildman–Crippen MR) is 66.8 cm³/mol. The maximum Gasteiger partial charge on any atom is 0.319 e. The van der Waals surface area contributed by atoms with Gasteiger partial charge < -0.3 is 14.9 Å². The molecule has 1 aliphatic carbocycles. The smallest absolute Gasteiger partial charge is 0.319 e. The monoisotopic (exact) mass is 240 g/mol. The first-order valence-corrected chi connectivity index (χ1v) is 6.77. The average molecular weight is 240 g/mol. The predicted octanol–water partition coefficient (Wildman–Crippen LogP) is 1.68. The highest BCUT2D eigenvalue weighted by atomic mass is 16.3. The standard InChI is InChI=1S/C13H24N2O2/c1-14(2)13(17)15-9-5-7-11(15)10-6-3-4-8-12(10)16/h10-12,16H,3-9H2,1-2H3. The third-order valence-electron chi connectivity index (χ3n) is 4.20. The molecule has 0 aromatic heterocycles. The van der Waals surface area contributed by atoms with Gasteiger partial charge in [-0.1, -0.05) is 12.8 Å². The summed E-state index contributed by atoms with van der Waals surface area (Å²) in [5.41, 5.74) is 0. The fraction of sp³-hybridized carbons (Fsp3) is 0.923. The largest absolute Gasteiger partial charge is 0.393 e. The maximum absolute atomic E-state index is 12.1. The van der Waals surface area contributed by atoms with Crippen molar-refractivity contribution in [1.29, 1.82) is 0 Å². The highest BCUT2D eigenvalue weighted by Gasteiger charge is 2.39. The van der Waals surface area contributed by atoms with Crippen LogP contribution in [0.4, 0.5) is 4.79 Å². The van der Waals surface area contributed by atoms with Crippen molar-refractivity contribution in [2.75, 3.05) is 20.6 Å². The van der Waals surface area contributed by atoms with Crippen LogP contribution in [0.25, 0.3) is 0 Å². The van der Waals surface area contributed by atoms with Gasteiger partial charge in [0.15, 0.2) is 0 Å². The molecule has 0 radical (unpaired) electrons. The van der Waals surface area contributed by atoms with E-state index in [1.54, 1.807) is 19.0 Å². The molecule has 2 aliphatic rings. The van der Waals surface area contributed by atoms with E-state index in [4.69, 9.17) is 0 Å². The van der Waals surface area contributed by atoms with Gasteiger partial charge in [-0.25, -0.2) is 4.79 Å². The highest BCUT2D eigenvalue weighted by Crippen LogP contribution is 2.34. The van der Waals surface area contributed by atoms with Crippen LogP contribution in [0.3, 0.4) is 0 Å². The lowest BCUT2D eigenvalue weighted by Gasteiger charge is -2.38. The van der Waals surface area contributed by atoms with Crippen LogP contribution >= 0.6 is 0 Å². The summed E-state index contributed by atoms with van der Waals surface area (Å²) < 4.78 is 0. The van der Waals surface area contributed by atoms with Crippen molar-refractivity contribution in [3.05, 3.63) is 0 Å². The number of rotatable bonds is 1. The number of hydrogen-bond acceptors (Lipinski definition) is 2. The number of amides is 2. The number of carbonyl (C=O) groups is 1. The molecule has 4 nitrogen and oxygen atoms in total. The minimum absolute atomic E-state index is 0.102. The number of carbonyl (C=O) groups excluding carboxylic acids is 1. The van der Waals surface area contributed by atoms with Gasteiger partial charge in [-0.2, -0.15) is 0 Å². The molecule has 17 heavy (non-hydrogen) atoms. The number of urea groups is 1. The van der Waals surface area contributed by atoms with Crippen LogP contribution in [0.5, 0.6) is 0 Å². The summed E-state index contributed by atoms with van der Waals surface area (Å²) in [5.74, 6) is 0.301. The Hall–Kier alpha value is -0.770. The summed E-state index contributed by atoms with van der Waals surface area (Å²) in [6.07, 6.45) is 6.24. The Morgan fingerprint density at radius 1 is 1.18 bits per heavy atom. The summed E-state index contributed by atoms with van der Waals surface area (Å²) in [6, 6.07) is 0.366. The zero-order valence-electron chi connectivity index (χ0n) is 10.9. The van der Waals surface area contributed by atoms with Gasteiger partial charge in [0.05, 0.1) is 6.10 Å². The molecule has 3 unspecified atom stereocenters. The SMILES string of the molecule is CN(C)C(=O)N1CCCC1C1CCCCC1O. The van der Waals surface area contributed by atoms with Gasteiger partial charge in [-0.3, -0.25) is 0 Å². The molecule has 1 aliphatic heterocycles. The lowest BCUT2D eigenvalue weighted by Crippen LogP contribution is -2.48. The van der Waals surface area contributed by atoms with Gasteiger partial charge in [0.25, 0.3) is 0 Å². The molecule has 2 amide bonds. The van der Waals surface area contributed by atoms with Crippen LogP contribution in [0.1, 0.15) is 38.5 Å². The van der Waals surface area contributed by atoms with Crippen LogP contribution in [0, 0.1) is 5.92 Å². The van der Waals surface area contributed by atoms with E-state index in [0.717, 1.165) is 38.6 Å². The van der Waals surface area contributed by atoms with E-state index < -0.39 is 0 Å². The Bertz CT molecular complexity index is 281. The number of aliphatic hydroxyl groups is 1. The minimum atomic E-state index is -0.204. The maximum atomic E-state index is 12.1. The molecule has 98 valence electrons. The van der Waals surface area contributed by atoms with Crippen LogP contribution in [-0.4, -0.2) is 53.7 Å². The molecule has 0 aromatic rings. The number of hydrogen-bond donors (Lipinski definition) is 1. The summed E-state index contributed by atoms with van der Waals surface area (Å²) in [5, 5.41) is 10.1. The van der Waals surface area contributed by atoms with Crippen molar-refractivity contribution in [2.24, 2.45) is 5.92 Å². The summed E-state index contributed by atoms with van der Waals surface area (Å²) >= 11 is 0. The molecule has 1 heterocycles. The Morgan fingerprint density at radius 3 is 2.53 bits per heavy atom. The van der Waals surface area contributed by atoms with Crippen LogP contribution in [0.2, 0.25) is 0 Å². The molecular formula is C13H24N2O2. The zero-order chi connectivity index (χ0) is 12.4. The molecule has 0 spiro atoms. The minimum Gasteiger partial charge on any atom is -0.393 e. The molecule has 2 fully saturated rings. The van der Waals surface area contributed by atoms with E-state index in [1.165, 1.54) is 6.42 Å². The van der Waals surface area contributed by atoms with Crippen molar-refractivity contribution < 1.29 is 9.90 Å². The molecule has 3 atom stereocenters. The lowest BCUT2D eigenvalue weighted by molar-refractivity contribution is 0.0280. The van der Waals surface area contributed by atoms with Gasteiger partial charge in [-0.05, 0) is 25.7 Å². The second-order valence-corrected chi connectivity index (χ2v) is 5.60. The van der Waals surface area contributed by atoms with Gasteiger partial charge in [-0.15, -0.1) is 0 Å². The second-order valence-electron chi connectivity index (χ2n) is 5.60. The van der Waals surface area contributed by atoms with Gasteiger partial charge >= 0.3 is 6.03 Å². The van der Waals surface area contributed by atoms with E-state index in [9.17, 15) is 9.90 Å². The molecule has 1 saturated carbocycles. The average Bonchev–Trinajstić information content (AvgIpc) is 2.77. The molecule has 1 saturated heterocycles. The molecule has 0 bridgehead atoms.